The molecule has 0 aromatic heterocycles. The van der Waals surface area contributed by atoms with E-state index in [0.717, 1.165) is 0 Å². The molecule has 0 aliphatic rings. The Bertz CT molecular complexity index is 645. The molecule has 0 radical (unpaired) electrons. The summed E-state index contributed by atoms with van der Waals surface area (Å²) >= 11 is 0. The van der Waals surface area contributed by atoms with Gasteiger partial charge in [-0.25, -0.2) is 9.59 Å². The van der Waals surface area contributed by atoms with Gasteiger partial charge in [0.25, 0.3) is 0 Å². The third-order valence-electron chi connectivity index (χ3n) is 4.23. The van der Waals surface area contributed by atoms with Crippen LogP contribution in [0, 0.1) is 10.8 Å². The van der Waals surface area contributed by atoms with Crippen molar-refractivity contribution in [1.82, 2.24) is 0 Å². The first kappa shape index (κ1) is 24.6. The fourth-order valence-corrected chi connectivity index (χ4v) is 2.67. The standard InChI is InChI=1S/C20H30O7/c1-12(2)15(21)26-10-9-20(8,18(24)25)17(23)19(6,7)11-14(5)27-16(22)13(3)4/h14H,1,3,9-11H2,2,4-8H3,(H,24,25). The van der Waals surface area contributed by atoms with Gasteiger partial charge < -0.3 is 14.6 Å². The Balaban J connectivity index is 5.22. The van der Waals surface area contributed by atoms with Crippen LogP contribution in [-0.2, 0) is 28.7 Å². The normalized spacial score (nSPS) is 14.4. The van der Waals surface area contributed by atoms with Crippen LogP contribution in [0.25, 0.3) is 0 Å². The van der Waals surface area contributed by atoms with Crippen LogP contribution in [0.3, 0.4) is 0 Å². The second-order valence-electron chi connectivity index (χ2n) is 7.72. The van der Waals surface area contributed by atoms with E-state index in [1.165, 1.54) is 20.8 Å². The molecule has 0 aliphatic heterocycles. The lowest BCUT2D eigenvalue weighted by atomic mass is 9.68. The summed E-state index contributed by atoms with van der Waals surface area (Å²) in [6, 6.07) is 0. The summed E-state index contributed by atoms with van der Waals surface area (Å²) in [5, 5.41) is 9.62. The molecule has 7 heteroatoms. The molecular weight excluding hydrogens is 352 g/mol. The number of hydrogen-bond acceptors (Lipinski definition) is 6. The van der Waals surface area contributed by atoms with Gasteiger partial charge in [-0.2, -0.15) is 0 Å². The number of ketones is 1. The minimum absolute atomic E-state index is 0.138. The van der Waals surface area contributed by atoms with Crippen LogP contribution in [0.4, 0.5) is 0 Å². The molecule has 0 spiro atoms. The quantitative estimate of drug-likeness (QED) is 0.332. The molecule has 0 rings (SSSR count). The zero-order valence-electron chi connectivity index (χ0n) is 17.0. The van der Waals surface area contributed by atoms with Crippen LogP contribution in [0.2, 0.25) is 0 Å². The zero-order valence-corrected chi connectivity index (χ0v) is 17.0. The topological polar surface area (TPSA) is 107 Å². The largest absolute Gasteiger partial charge is 0.481 e. The number of carboxylic acids is 1. The van der Waals surface area contributed by atoms with E-state index in [1.54, 1.807) is 20.8 Å². The van der Waals surface area contributed by atoms with Crippen LogP contribution >= 0.6 is 0 Å². The average molecular weight is 382 g/mol. The average Bonchev–Trinajstić information content (AvgIpc) is 2.52. The predicted molar refractivity (Wildman–Crippen MR) is 99.9 cm³/mol. The Morgan fingerprint density at radius 1 is 1.00 bits per heavy atom. The van der Waals surface area contributed by atoms with Gasteiger partial charge >= 0.3 is 17.9 Å². The fourth-order valence-electron chi connectivity index (χ4n) is 2.67. The summed E-state index contributed by atoms with van der Waals surface area (Å²) < 4.78 is 10.1. The van der Waals surface area contributed by atoms with Crippen molar-refractivity contribution in [3.63, 3.8) is 0 Å². The van der Waals surface area contributed by atoms with Gasteiger partial charge in [-0.05, 0) is 34.1 Å². The molecule has 0 aromatic carbocycles. The second kappa shape index (κ2) is 9.48. The monoisotopic (exact) mass is 382 g/mol. The number of Topliss-reactive ketones (excluding diaryl/α,β-unsaturated/α-hetero) is 1. The number of esters is 2. The minimum Gasteiger partial charge on any atom is -0.481 e. The maximum Gasteiger partial charge on any atom is 0.333 e. The molecule has 0 saturated heterocycles. The lowest BCUT2D eigenvalue weighted by Gasteiger charge is -2.34. The van der Waals surface area contributed by atoms with Crippen molar-refractivity contribution < 1.29 is 33.8 Å². The van der Waals surface area contributed by atoms with E-state index in [1.807, 2.05) is 0 Å². The van der Waals surface area contributed by atoms with Crippen LogP contribution in [0.5, 0.6) is 0 Å². The Kier molecular flexibility index (Phi) is 8.63. The summed E-state index contributed by atoms with van der Waals surface area (Å²) in [5.41, 5.74) is -2.41. The molecule has 0 amide bonds. The third-order valence-corrected chi connectivity index (χ3v) is 4.23. The Hall–Kier alpha value is -2.44. The number of hydrogen-bond donors (Lipinski definition) is 1. The number of aliphatic carboxylic acids is 1. The summed E-state index contributed by atoms with van der Waals surface area (Å²) in [6.45, 7) is 15.8. The van der Waals surface area contributed by atoms with Crippen molar-refractivity contribution in [3.8, 4) is 0 Å². The van der Waals surface area contributed by atoms with Crippen molar-refractivity contribution in [2.75, 3.05) is 6.61 Å². The Labute approximate surface area is 160 Å². The molecule has 27 heavy (non-hydrogen) atoms. The molecule has 0 heterocycles. The van der Waals surface area contributed by atoms with Gasteiger partial charge in [-0.1, -0.05) is 27.0 Å². The van der Waals surface area contributed by atoms with Gasteiger partial charge in [0.05, 0.1) is 6.61 Å². The van der Waals surface area contributed by atoms with Crippen LogP contribution in [0.1, 0.15) is 54.4 Å². The summed E-state index contributed by atoms with van der Waals surface area (Å²) in [7, 11) is 0. The summed E-state index contributed by atoms with van der Waals surface area (Å²) in [6.07, 6.45) is -0.643. The van der Waals surface area contributed by atoms with E-state index in [-0.39, 0.29) is 30.6 Å². The minimum atomic E-state index is -1.75. The van der Waals surface area contributed by atoms with Crippen molar-refractivity contribution in [3.05, 3.63) is 24.3 Å². The van der Waals surface area contributed by atoms with E-state index in [0.29, 0.717) is 0 Å². The third kappa shape index (κ3) is 7.00. The van der Waals surface area contributed by atoms with E-state index in [4.69, 9.17) is 9.47 Å². The molecule has 0 bridgehead atoms. The van der Waals surface area contributed by atoms with Crippen LogP contribution < -0.4 is 0 Å². The fraction of sp³-hybridized carbons (Fsp3) is 0.600. The first-order valence-electron chi connectivity index (χ1n) is 8.62. The lowest BCUT2D eigenvalue weighted by molar-refractivity contribution is -0.162. The lowest BCUT2D eigenvalue weighted by Crippen LogP contribution is -2.46. The molecule has 0 aromatic rings. The molecule has 0 aliphatic carbocycles. The number of rotatable bonds is 11. The van der Waals surface area contributed by atoms with Gasteiger partial charge in [0.2, 0.25) is 0 Å². The highest BCUT2D eigenvalue weighted by Crippen LogP contribution is 2.36. The Morgan fingerprint density at radius 3 is 1.89 bits per heavy atom. The maximum absolute atomic E-state index is 13.0. The highest BCUT2D eigenvalue weighted by Gasteiger charge is 2.48. The Morgan fingerprint density at radius 2 is 1.48 bits per heavy atom. The van der Waals surface area contributed by atoms with Gasteiger partial charge in [0.1, 0.15) is 11.5 Å². The van der Waals surface area contributed by atoms with Gasteiger partial charge in [-0.3, -0.25) is 9.59 Å². The molecule has 0 saturated carbocycles. The van der Waals surface area contributed by atoms with Gasteiger partial charge in [0.15, 0.2) is 5.78 Å². The van der Waals surface area contributed by atoms with Crippen molar-refractivity contribution >= 4 is 23.7 Å². The van der Waals surface area contributed by atoms with Crippen LogP contribution in [-0.4, -0.2) is 41.5 Å². The predicted octanol–water partition coefficient (Wildman–Crippen LogP) is 3.08. The maximum atomic E-state index is 13.0. The van der Waals surface area contributed by atoms with E-state index >= 15 is 0 Å². The highest BCUT2D eigenvalue weighted by atomic mass is 16.5. The number of carbonyl (C=O) groups excluding carboxylic acids is 3. The van der Waals surface area contributed by atoms with E-state index < -0.39 is 40.6 Å². The number of ether oxygens (including phenoxy) is 2. The van der Waals surface area contributed by atoms with Crippen molar-refractivity contribution in [2.24, 2.45) is 10.8 Å². The first-order valence-corrected chi connectivity index (χ1v) is 8.62. The molecule has 7 nitrogen and oxygen atoms in total. The summed E-state index contributed by atoms with van der Waals surface area (Å²) in [4.78, 5) is 47.9. The molecule has 2 atom stereocenters. The molecule has 2 unspecified atom stereocenters. The van der Waals surface area contributed by atoms with E-state index in [9.17, 15) is 24.3 Å². The number of carbonyl (C=O) groups is 4. The molecule has 152 valence electrons. The van der Waals surface area contributed by atoms with Gasteiger partial charge in [-0.15, -0.1) is 0 Å². The zero-order chi connectivity index (χ0) is 21.6. The first-order chi connectivity index (χ1) is 12.1. The molecular formula is C20H30O7. The van der Waals surface area contributed by atoms with Crippen molar-refractivity contribution in [1.29, 1.82) is 0 Å². The molecule has 1 N–H and O–H groups in total. The SMILES string of the molecule is C=C(C)C(=O)OCCC(C)(C(=O)O)C(=O)C(C)(C)CC(C)OC(=O)C(=C)C. The van der Waals surface area contributed by atoms with Crippen LogP contribution in [0.15, 0.2) is 24.3 Å². The number of carboxylic acid groups (broad SMARTS) is 1. The smallest absolute Gasteiger partial charge is 0.333 e. The second-order valence-corrected chi connectivity index (χ2v) is 7.72. The van der Waals surface area contributed by atoms with Gasteiger partial charge in [0, 0.05) is 23.0 Å². The van der Waals surface area contributed by atoms with E-state index in [2.05, 4.69) is 13.2 Å². The van der Waals surface area contributed by atoms with Crippen molar-refractivity contribution in [2.45, 2.75) is 60.5 Å². The summed E-state index contributed by atoms with van der Waals surface area (Å²) in [5.74, 6) is -3.06. The molecule has 0 fully saturated rings. The highest BCUT2D eigenvalue weighted by molar-refractivity contribution is 6.05.